The van der Waals surface area contributed by atoms with Crippen molar-refractivity contribution in [1.82, 2.24) is 14.8 Å². The molecule has 0 atom stereocenters. The molecular formula is C19H22ClN3O2. The largest absolute Gasteiger partial charge is 0.362 e. The molecule has 0 bridgehead atoms. The number of amides is 2. The molecule has 1 fully saturated rings. The highest BCUT2D eigenvalue weighted by Crippen LogP contribution is 2.19. The molecule has 25 heavy (non-hydrogen) atoms. The lowest BCUT2D eigenvalue weighted by Gasteiger charge is -2.22. The molecule has 3 rings (SSSR count). The Morgan fingerprint density at radius 3 is 2.12 bits per heavy atom. The molecule has 132 valence electrons. The highest BCUT2D eigenvalue weighted by atomic mass is 35.5. The van der Waals surface area contributed by atoms with Crippen molar-refractivity contribution in [2.45, 2.75) is 20.3 Å². The van der Waals surface area contributed by atoms with Crippen molar-refractivity contribution in [3.05, 3.63) is 57.9 Å². The number of nitrogens with zero attached hydrogens (tertiary/aromatic N) is 2. The molecular weight excluding hydrogens is 338 g/mol. The first-order valence-corrected chi connectivity index (χ1v) is 8.84. The maximum Gasteiger partial charge on any atom is 0.255 e. The van der Waals surface area contributed by atoms with Crippen LogP contribution in [0.1, 0.15) is 38.5 Å². The van der Waals surface area contributed by atoms with Gasteiger partial charge in [-0.05, 0) is 38.5 Å². The predicted molar refractivity (Wildman–Crippen MR) is 98.1 cm³/mol. The standard InChI is InChI=1S/C19H22ClN3O2/c1-13-12-16(14(2)21-13)19(25)23-9-5-8-22(10-11-23)18(24)15-6-3-4-7-17(15)20/h3-4,6-7,12,21H,5,8-11H2,1-2H3. The van der Waals surface area contributed by atoms with Gasteiger partial charge in [0, 0.05) is 37.6 Å². The topological polar surface area (TPSA) is 56.4 Å². The Morgan fingerprint density at radius 2 is 1.56 bits per heavy atom. The number of hydrogen-bond donors (Lipinski definition) is 1. The third-order valence-corrected chi connectivity index (χ3v) is 4.88. The van der Waals surface area contributed by atoms with Crippen LogP contribution in [0.2, 0.25) is 5.02 Å². The number of H-pyrrole nitrogens is 1. The van der Waals surface area contributed by atoms with Gasteiger partial charge in [-0.3, -0.25) is 9.59 Å². The quantitative estimate of drug-likeness (QED) is 0.894. The van der Waals surface area contributed by atoms with Crippen molar-refractivity contribution in [1.29, 1.82) is 0 Å². The van der Waals surface area contributed by atoms with E-state index >= 15 is 0 Å². The summed E-state index contributed by atoms with van der Waals surface area (Å²) in [5.74, 6) is -0.0533. The van der Waals surface area contributed by atoms with Crippen LogP contribution in [0.15, 0.2) is 30.3 Å². The van der Waals surface area contributed by atoms with Crippen LogP contribution in [0.3, 0.4) is 0 Å². The molecule has 1 aromatic heterocycles. The van der Waals surface area contributed by atoms with Crippen LogP contribution in [-0.2, 0) is 0 Å². The van der Waals surface area contributed by atoms with Crippen molar-refractivity contribution < 1.29 is 9.59 Å². The van der Waals surface area contributed by atoms with Crippen molar-refractivity contribution in [2.75, 3.05) is 26.2 Å². The van der Waals surface area contributed by atoms with Gasteiger partial charge in [-0.25, -0.2) is 0 Å². The Kier molecular flexibility index (Phi) is 5.13. The second-order valence-electron chi connectivity index (χ2n) is 6.41. The van der Waals surface area contributed by atoms with Crippen molar-refractivity contribution >= 4 is 23.4 Å². The van der Waals surface area contributed by atoms with E-state index in [1.807, 2.05) is 36.9 Å². The number of aryl methyl sites for hydroxylation is 2. The summed E-state index contributed by atoms with van der Waals surface area (Å²) in [4.78, 5) is 32.3. The molecule has 0 saturated carbocycles. The monoisotopic (exact) mass is 359 g/mol. The minimum absolute atomic E-state index is 0.0221. The first-order chi connectivity index (χ1) is 12.0. The highest BCUT2D eigenvalue weighted by molar-refractivity contribution is 6.33. The van der Waals surface area contributed by atoms with E-state index in [2.05, 4.69) is 4.98 Å². The van der Waals surface area contributed by atoms with E-state index in [9.17, 15) is 9.59 Å². The minimum Gasteiger partial charge on any atom is -0.362 e. The Bertz CT molecular complexity index is 800. The molecule has 1 aliphatic heterocycles. The maximum atomic E-state index is 12.8. The maximum absolute atomic E-state index is 12.8. The zero-order chi connectivity index (χ0) is 18.0. The fraction of sp³-hybridized carbons (Fsp3) is 0.368. The molecule has 6 heteroatoms. The van der Waals surface area contributed by atoms with Crippen molar-refractivity contribution in [3.63, 3.8) is 0 Å². The Hall–Kier alpha value is -2.27. The predicted octanol–water partition coefficient (Wildman–Crippen LogP) is 3.27. The Morgan fingerprint density at radius 1 is 0.960 bits per heavy atom. The molecule has 2 heterocycles. The van der Waals surface area contributed by atoms with Gasteiger partial charge in [-0.2, -0.15) is 0 Å². The molecule has 5 nitrogen and oxygen atoms in total. The van der Waals surface area contributed by atoms with E-state index in [1.165, 1.54) is 0 Å². The van der Waals surface area contributed by atoms with Crippen molar-refractivity contribution in [2.24, 2.45) is 0 Å². The number of nitrogens with one attached hydrogen (secondary N) is 1. The number of carbonyl (C=O) groups is 2. The summed E-state index contributed by atoms with van der Waals surface area (Å²) in [6.45, 7) is 6.16. The van der Waals surface area contributed by atoms with Crippen LogP contribution in [0.5, 0.6) is 0 Å². The Balaban J connectivity index is 1.70. The van der Waals surface area contributed by atoms with Crippen LogP contribution in [0, 0.1) is 13.8 Å². The highest BCUT2D eigenvalue weighted by Gasteiger charge is 2.25. The van der Waals surface area contributed by atoms with Gasteiger partial charge < -0.3 is 14.8 Å². The van der Waals surface area contributed by atoms with E-state index in [0.717, 1.165) is 17.8 Å². The summed E-state index contributed by atoms with van der Waals surface area (Å²) in [5, 5.41) is 0.461. The molecule has 0 aliphatic carbocycles. The second kappa shape index (κ2) is 7.31. The average molecular weight is 360 g/mol. The Labute approximate surface area is 152 Å². The fourth-order valence-corrected chi connectivity index (χ4v) is 3.46. The molecule has 2 amide bonds. The number of halogens is 1. The van der Waals surface area contributed by atoms with E-state index in [0.29, 0.717) is 42.3 Å². The summed E-state index contributed by atoms with van der Waals surface area (Å²) in [6, 6.07) is 8.96. The fourth-order valence-electron chi connectivity index (χ4n) is 3.25. The van der Waals surface area contributed by atoms with E-state index < -0.39 is 0 Å². The van der Waals surface area contributed by atoms with E-state index in [4.69, 9.17) is 11.6 Å². The molecule has 0 radical (unpaired) electrons. The van der Waals surface area contributed by atoms with Gasteiger partial charge in [0.05, 0.1) is 16.1 Å². The molecule has 1 saturated heterocycles. The third kappa shape index (κ3) is 3.71. The van der Waals surface area contributed by atoms with Crippen LogP contribution in [0.4, 0.5) is 0 Å². The summed E-state index contributed by atoms with van der Waals surface area (Å²) < 4.78 is 0. The summed E-state index contributed by atoms with van der Waals surface area (Å²) in [7, 11) is 0. The summed E-state index contributed by atoms with van der Waals surface area (Å²) in [6.07, 6.45) is 0.754. The number of aromatic amines is 1. The smallest absolute Gasteiger partial charge is 0.255 e. The minimum atomic E-state index is -0.0754. The van der Waals surface area contributed by atoms with E-state index in [1.54, 1.807) is 17.0 Å². The van der Waals surface area contributed by atoms with Gasteiger partial charge in [-0.15, -0.1) is 0 Å². The van der Waals surface area contributed by atoms with Crippen LogP contribution >= 0.6 is 11.6 Å². The number of hydrogen-bond acceptors (Lipinski definition) is 2. The number of carbonyl (C=O) groups excluding carboxylic acids is 2. The molecule has 0 unspecified atom stereocenters. The SMILES string of the molecule is Cc1cc(C(=O)N2CCCN(C(=O)c3ccccc3Cl)CC2)c(C)[nH]1. The molecule has 1 aliphatic rings. The molecule has 0 spiro atoms. The zero-order valence-corrected chi connectivity index (χ0v) is 15.3. The van der Waals surface area contributed by atoms with Gasteiger partial charge in [0.25, 0.3) is 11.8 Å². The number of benzene rings is 1. The van der Waals surface area contributed by atoms with Gasteiger partial charge in [0.15, 0.2) is 0 Å². The molecule has 1 N–H and O–H groups in total. The van der Waals surface area contributed by atoms with Crippen LogP contribution in [-0.4, -0.2) is 52.8 Å². The van der Waals surface area contributed by atoms with Gasteiger partial charge in [0.1, 0.15) is 0 Å². The lowest BCUT2D eigenvalue weighted by molar-refractivity contribution is 0.0718. The first kappa shape index (κ1) is 17.5. The zero-order valence-electron chi connectivity index (χ0n) is 14.5. The van der Waals surface area contributed by atoms with Crippen LogP contribution < -0.4 is 0 Å². The van der Waals surface area contributed by atoms with Crippen LogP contribution in [0.25, 0.3) is 0 Å². The summed E-state index contributed by atoms with van der Waals surface area (Å²) >= 11 is 6.14. The third-order valence-electron chi connectivity index (χ3n) is 4.55. The summed E-state index contributed by atoms with van der Waals surface area (Å²) in [5.41, 5.74) is 3.09. The molecule has 2 aromatic rings. The van der Waals surface area contributed by atoms with Crippen molar-refractivity contribution in [3.8, 4) is 0 Å². The first-order valence-electron chi connectivity index (χ1n) is 8.46. The van der Waals surface area contributed by atoms with Gasteiger partial charge in [0.2, 0.25) is 0 Å². The lowest BCUT2D eigenvalue weighted by atomic mass is 10.2. The number of aromatic nitrogens is 1. The van der Waals surface area contributed by atoms with E-state index in [-0.39, 0.29) is 11.8 Å². The lowest BCUT2D eigenvalue weighted by Crippen LogP contribution is -2.37. The molecule has 1 aromatic carbocycles. The number of rotatable bonds is 2. The normalized spacial score (nSPS) is 15.2. The van der Waals surface area contributed by atoms with Gasteiger partial charge in [-0.1, -0.05) is 23.7 Å². The average Bonchev–Trinajstić information content (AvgIpc) is 2.79. The van der Waals surface area contributed by atoms with Gasteiger partial charge >= 0.3 is 0 Å². The second-order valence-corrected chi connectivity index (χ2v) is 6.82.